The summed E-state index contributed by atoms with van der Waals surface area (Å²) in [6.07, 6.45) is 1.07. The SMILES string of the molecule is CC1(C)Cc2ccccc2C(CC(=O)c2ccc(C(=O)O)cc2)=N1. The lowest BCUT2D eigenvalue weighted by Crippen LogP contribution is -2.29. The number of Topliss-reactive ketones (excluding diaryl/α,β-unsaturated/α-hetero) is 1. The fraction of sp³-hybridized carbons (Fsp3) is 0.250. The van der Waals surface area contributed by atoms with Crippen LogP contribution in [-0.2, 0) is 6.42 Å². The number of fused-ring (bicyclic) bond motifs is 1. The molecule has 1 N–H and O–H groups in total. The van der Waals surface area contributed by atoms with Crippen molar-refractivity contribution in [2.24, 2.45) is 4.99 Å². The van der Waals surface area contributed by atoms with Crippen molar-refractivity contribution in [3.8, 4) is 0 Å². The Bertz CT molecular complexity index is 832. The van der Waals surface area contributed by atoms with E-state index >= 15 is 0 Å². The van der Waals surface area contributed by atoms with Gasteiger partial charge in [-0.2, -0.15) is 0 Å². The number of carboxylic acids is 1. The van der Waals surface area contributed by atoms with Gasteiger partial charge in [-0.15, -0.1) is 0 Å². The average molecular weight is 321 g/mol. The van der Waals surface area contributed by atoms with Crippen LogP contribution in [0.4, 0.5) is 0 Å². The molecule has 1 aliphatic rings. The third-order valence-corrected chi connectivity index (χ3v) is 4.17. The van der Waals surface area contributed by atoms with Crippen molar-refractivity contribution in [3.05, 3.63) is 70.8 Å². The molecule has 0 fully saturated rings. The summed E-state index contributed by atoms with van der Waals surface area (Å²) in [7, 11) is 0. The summed E-state index contributed by atoms with van der Waals surface area (Å²) in [5.74, 6) is -1.06. The minimum absolute atomic E-state index is 0.0572. The van der Waals surface area contributed by atoms with Gasteiger partial charge in [0.2, 0.25) is 0 Å². The zero-order valence-corrected chi connectivity index (χ0v) is 13.7. The van der Waals surface area contributed by atoms with E-state index in [0.29, 0.717) is 5.56 Å². The van der Waals surface area contributed by atoms with Gasteiger partial charge in [-0.3, -0.25) is 9.79 Å². The zero-order valence-electron chi connectivity index (χ0n) is 13.7. The molecule has 3 rings (SSSR count). The van der Waals surface area contributed by atoms with Gasteiger partial charge < -0.3 is 5.11 Å². The van der Waals surface area contributed by atoms with Crippen LogP contribution in [0.25, 0.3) is 0 Å². The van der Waals surface area contributed by atoms with Crippen LogP contribution in [0.1, 0.15) is 52.1 Å². The second kappa shape index (κ2) is 6.04. The molecule has 122 valence electrons. The first-order valence-corrected chi connectivity index (χ1v) is 7.89. The minimum Gasteiger partial charge on any atom is -0.478 e. The second-order valence-electron chi connectivity index (χ2n) is 6.69. The number of nitrogens with zero attached hydrogens (tertiary/aromatic N) is 1. The molecule has 0 aliphatic carbocycles. The van der Waals surface area contributed by atoms with E-state index in [2.05, 4.69) is 19.9 Å². The third kappa shape index (κ3) is 3.27. The summed E-state index contributed by atoms with van der Waals surface area (Å²) >= 11 is 0. The number of ketones is 1. The van der Waals surface area contributed by atoms with Gasteiger partial charge in [-0.1, -0.05) is 36.4 Å². The first kappa shape index (κ1) is 16.1. The van der Waals surface area contributed by atoms with Crippen LogP contribution in [0, 0.1) is 0 Å². The molecule has 1 heterocycles. The lowest BCUT2D eigenvalue weighted by Gasteiger charge is -2.29. The molecule has 0 saturated carbocycles. The maximum absolute atomic E-state index is 12.6. The normalized spacial score (nSPS) is 15.3. The van der Waals surface area contributed by atoms with E-state index in [1.54, 1.807) is 12.1 Å². The molecular formula is C20H19NO3. The Morgan fingerprint density at radius 1 is 1.04 bits per heavy atom. The fourth-order valence-electron chi connectivity index (χ4n) is 3.07. The molecule has 1 aliphatic heterocycles. The molecule has 0 spiro atoms. The van der Waals surface area contributed by atoms with Gasteiger partial charge in [0, 0.05) is 5.56 Å². The largest absolute Gasteiger partial charge is 0.478 e. The topological polar surface area (TPSA) is 66.7 Å². The Morgan fingerprint density at radius 2 is 1.67 bits per heavy atom. The number of aromatic carboxylic acids is 1. The molecule has 0 bridgehead atoms. The smallest absolute Gasteiger partial charge is 0.335 e. The number of aliphatic imine (C=N–C) groups is 1. The summed E-state index contributed by atoms with van der Waals surface area (Å²) in [6, 6.07) is 14.1. The number of hydrogen-bond donors (Lipinski definition) is 1. The molecule has 4 heteroatoms. The molecule has 24 heavy (non-hydrogen) atoms. The summed E-state index contributed by atoms with van der Waals surface area (Å²) < 4.78 is 0. The highest BCUT2D eigenvalue weighted by atomic mass is 16.4. The molecule has 0 unspecified atom stereocenters. The highest BCUT2D eigenvalue weighted by Gasteiger charge is 2.27. The quantitative estimate of drug-likeness (QED) is 0.871. The molecule has 0 saturated heterocycles. The van der Waals surface area contributed by atoms with E-state index < -0.39 is 5.97 Å². The molecule has 2 aromatic carbocycles. The van der Waals surface area contributed by atoms with Crippen LogP contribution in [0.15, 0.2) is 53.5 Å². The van der Waals surface area contributed by atoms with Gasteiger partial charge in [-0.05, 0) is 43.5 Å². The zero-order chi connectivity index (χ0) is 17.3. The number of rotatable bonds is 4. The Kier molecular flexibility index (Phi) is 4.06. The van der Waals surface area contributed by atoms with Crippen LogP contribution >= 0.6 is 0 Å². The predicted octanol–water partition coefficient (Wildman–Crippen LogP) is 3.78. The molecule has 4 nitrogen and oxygen atoms in total. The summed E-state index contributed by atoms with van der Waals surface area (Å²) in [5, 5.41) is 8.94. The van der Waals surface area contributed by atoms with Crippen LogP contribution in [0.3, 0.4) is 0 Å². The highest BCUT2D eigenvalue weighted by Crippen LogP contribution is 2.28. The predicted molar refractivity (Wildman–Crippen MR) is 93.1 cm³/mol. The first-order valence-electron chi connectivity index (χ1n) is 7.89. The van der Waals surface area contributed by atoms with Gasteiger partial charge in [-0.25, -0.2) is 4.79 Å². The lowest BCUT2D eigenvalue weighted by molar-refractivity contribution is 0.0696. The third-order valence-electron chi connectivity index (χ3n) is 4.17. The molecule has 2 aromatic rings. The van der Waals surface area contributed by atoms with E-state index in [1.165, 1.54) is 17.7 Å². The van der Waals surface area contributed by atoms with Crippen molar-refractivity contribution >= 4 is 17.5 Å². The van der Waals surface area contributed by atoms with E-state index in [9.17, 15) is 9.59 Å². The maximum Gasteiger partial charge on any atom is 0.335 e. The van der Waals surface area contributed by atoms with Crippen LogP contribution in [0.2, 0.25) is 0 Å². The summed E-state index contributed by atoms with van der Waals surface area (Å²) in [5.41, 5.74) is 3.50. The van der Waals surface area contributed by atoms with Crippen molar-refractivity contribution < 1.29 is 14.7 Å². The van der Waals surface area contributed by atoms with Gasteiger partial charge in [0.1, 0.15) is 0 Å². The van der Waals surface area contributed by atoms with Crippen molar-refractivity contribution in [1.29, 1.82) is 0 Å². The van der Waals surface area contributed by atoms with Crippen molar-refractivity contribution in [2.75, 3.05) is 0 Å². The van der Waals surface area contributed by atoms with Crippen molar-refractivity contribution in [3.63, 3.8) is 0 Å². The number of carbonyl (C=O) groups is 2. The van der Waals surface area contributed by atoms with Gasteiger partial charge in [0.15, 0.2) is 5.78 Å². The molecular weight excluding hydrogens is 302 g/mol. The summed E-state index contributed by atoms with van der Waals surface area (Å²) in [4.78, 5) is 28.3. The monoisotopic (exact) mass is 321 g/mol. The van der Waals surface area contributed by atoms with Crippen LogP contribution < -0.4 is 0 Å². The molecule has 0 radical (unpaired) electrons. The Labute approximate surface area is 140 Å². The maximum atomic E-state index is 12.6. The molecule has 0 amide bonds. The number of carbonyl (C=O) groups excluding carboxylic acids is 1. The van der Waals surface area contributed by atoms with E-state index in [-0.39, 0.29) is 23.3 Å². The number of carboxylic acid groups (broad SMARTS) is 1. The minimum atomic E-state index is -0.999. The fourth-order valence-corrected chi connectivity index (χ4v) is 3.07. The number of hydrogen-bond acceptors (Lipinski definition) is 3. The standard InChI is InChI=1S/C20H19NO3/c1-20(2)12-15-5-3-4-6-16(15)17(21-20)11-18(22)13-7-9-14(10-8-13)19(23)24/h3-10H,11-12H2,1-2H3,(H,23,24). The van der Waals surface area contributed by atoms with E-state index in [0.717, 1.165) is 17.7 Å². The van der Waals surface area contributed by atoms with Gasteiger partial charge in [0.25, 0.3) is 0 Å². The van der Waals surface area contributed by atoms with Crippen molar-refractivity contribution in [2.45, 2.75) is 32.2 Å². The molecule has 0 atom stereocenters. The second-order valence-corrected chi connectivity index (χ2v) is 6.69. The van der Waals surface area contributed by atoms with Crippen LogP contribution in [-0.4, -0.2) is 28.1 Å². The van der Waals surface area contributed by atoms with E-state index in [1.807, 2.05) is 18.2 Å². The lowest BCUT2D eigenvalue weighted by atomic mass is 9.85. The van der Waals surface area contributed by atoms with Gasteiger partial charge >= 0.3 is 5.97 Å². The molecule has 0 aromatic heterocycles. The Hall–Kier alpha value is -2.75. The van der Waals surface area contributed by atoms with Crippen LogP contribution in [0.5, 0.6) is 0 Å². The number of benzene rings is 2. The summed E-state index contributed by atoms with van der Waals surface area (Å²) in [6.45, 7) is 4.13. The van der Waals surface area contributed by atoms with Gasteiger partial charge in [0.05, 0.1) is 23.2 Å². The Balaban J connectivity index is 1.87. The highest BCUT2D eigenvalue weighted by molar-refractivity contribution is 6.16. The first-order chi connectivity index (χ1) is 11.4. The average Bonchev–Trinajstić information content (AvgIpc) is 2.53. The van der Waals surface area contributed by atoms with Crippen molar-refractivity contribution in [1.82, 2.24) is 0 Å². The Morgan fingerprint density at radius 3 is 2.33 bits per heavy atom. The van der Waals surface area contributed by atoms with E-state index in [4.69, 9.17) is 10.1 Å².